The summed E-state index contributed by atoms with van der Waals surface area (Å²) in [5.41, 5.74) is 1.51. The van der Waals surface area contributed by atoms with E-state index in [4.69, 9.17) is 4.98 Å². The fraction of sp³-hybridized carbons (Fsp3) is 0.435. The van der Waals surface area contributed by atoms with Crippen LogP contribution in [0.25, 0.3) is 11.2 Å². The lowest BCUT2D eigenvalue weighted by atomic mass is 10.1. The molecule has 2 heterocycles. The lowest BCUT2D eigenvalue weighted by molar-refractivity contribution is 0.0729. The molecule has 1 fully saturated rings. The number of hydrogen-bond donors (Lipinski definition) is 0. The maximum atomic E-state index is 14.3. The minimum absolute atomic E-state index is 0.117. The molecule has 0 aliphatic heterocycles. The molecule has 5 nitrogen and oxygen atoms in total. The lowest BCUT2D eigenvalue weighted by Gasteiger charge is -2.24. The van der Waals surface area contributed by atoms with Crippen LogP contribution >= 0.6 is 0 Å². The van der Waals surface area contributed by atoms with Crippen LogP contribution < -0.4 is 0 Å². The molecule has 3 aromatic rings. The zero-order valence-corrected chi connectivity index (χ0v) is 17.2. The third-order valence-electron chi connectivity index (χ3n) is 5.77. The Morgan fingerprint density at radius 3 is 2.77 bits per heavy atom. The fourth-order valence-electron chi connectivity index (χ4n) is 4.24. The van der Waals surface area contributed by atoms with Crippen molar-refractivity contribution in [1.82, 2.24) is 19.4 Å². The number of aromatic nitrogens is 3. The van der Waals surface area contributed by atoms with Crippen molar-refractivity contribution in [2.45, 2.75) is 58.0 Å². The van der Waals surface area contributed by atoms with Crippen LogP contribution in [0, 0.1) is 11.6 Å². The van der Waals surface area contributed by atoms with Gasteiger partial charge in [-0.05, 0) is 43.5 Å². The van der Waals surface area contributed by atoms with Gasteiger partial charge in [0.1, 0.15) is 23.0 Å². The van der Waals surface area contributed by atoms with E-state index in [2.05, 4.69) is 9.55 Å². The van der Waals surface area contributed by atoms with Crippen molar-refractivity contribution in [2.24, 2.45) is 0 Å². The first-order chi connectivity index (χ1) is 14.6. The van der Waals surface area contributed by atoms with E-state index in [-0.39, 0.29) is 12.1 Å². The molecular weight excluding hydrogens is 386 g/mol. The van der Waals surface area contributed by atoms with Gasteiger partial charge in [-0.1, -0.05) is 26.2 Å². The van der Waals surface area contributed by atoms with Crippen molar-refractivity contribution < 1.29 is 13.6 Å². The van der Waals surface area contributed by atoms with Crippen molar-refractivity contribution in [1.29, 1.82) is 0 Å². The van der Waals surface area contributed by atoms with Gasteiger partial charge in [-0.15, -0.1) is 0 Å². The van der Waals surface area contributed by atoms with E-state index in [0.717, 1.165) is 67.6 Å². The maximum Gasteiger partial charge on any atom is 0.257 e. The number of pyridine rings is 1. The highest BCUT2D eigenvalue weighted by molar-refractivity contribution is 5.94. The van der Waals surface area contributed by atoms with E-state index < -0.39 is 17.5 Å². The van der Waals surface area contributed by atoms with Crippen LogP contribution in [-0.4, -0.2) is 31.9 Å². The number of carbonyl (C=O) groups excluding carboxylic acids is 1. The summed E-state index contributed by atoms with van der Waals surface area (Å²) >= 11 is 0. The second-order valence-electron chi connectivity index (χ2n) is 7.89. The van der Waals surface area contributed by atoms with Gasteiger partial charge in [0.25, 0.3) is 5.91 Å². The van der Waals surface area contributed by atoms with Crippen molar-refractivity contribution >= 4 is 17.1 Å². The van der Waals surface area contributed by atoms with E-state index in [9.17, 15) is 13.6 Å². The Labute approximate surface area is 174 Å². The number of amides is 1. The average Bonchev–Trinajstić information content (AvgIpc) is 3.37. The summed E-state index contributed by atoms with van der Waals surface area (Å²) in [6.07, 6.45) is 7.89. The molecule has 0 saturated heterocycles. The quantitative estimate of drug-likeness (QED) is 0.531. The molecule has 1 aliphatic carbocycles. The Morgan fingerprint density at radius 2 is 2.03 bits per heavy atom. The van der Waals surface area contributed by atoms with Gasteiger partial charge in [-0.3, -0.25) is 4.79 Å². The Balaban J connectivity index is 1.70. The van der Waals surface area contributed by atoms with Crippen LogP contribution in [0.1, 0.15) is 67.7 Å². The molecule has 0 spiro atoms. The molecule has 0 unspecified atom stereocenters. The van der Waals surface area contributed by atoms with Gasteiger partial charge < -0.3 is 9.47 Å². The zero-order chi connectivity index (χ0) is 21.1. The summed E-state index contributed by atoms with van der Waals surface area (Å²) in [5, 5.41) is 0. The van der Waals surface area contributed by atoms with Crippen LogP contribution in [-0.2, 0) is 6.54 Å². The van der Waals surface area contributed by atoms with E-state index in [1.807, 2.05) is 19.1 Å². The molecule has 4 rings (SSSR count). The molecule has 0 atom stereocenters. The Kier molecular flexibility index (Phi) is 6.06. The number of halogens is 2. The van der Waals surface area contributed by atoms with E-state index in [1.54, 1.807) is 11.1 Å². The molecule has 2 aromatic heterocycles. The Morgan fingerprint density at radius 1 is 1.23 bits per heavy atom. The van der Waals surface area contributed by atoms with E-state index >= 15 is 0 Å². The largest absolute Gasteiger partial charge is 0.331 e. The molecule has 1 amide bonds. The van der Waals surface area contributed by atoms with Gasteiger partial charge in [0.05, 0.1) is 12.1 Å². The van der Waals surface area contributed by atoms with Crippen LogP contribution in [0.3, 0.4) is 0 Å². The fourth-order valence-corrected chi connectivity index (χ4v) is 4.24. The number of hydrogen-bond acceptors (Lipinski definition) is 3. The highest BCUT2D eigenvalue weighted by atomic mass is 19.1. The first-order valence-corrected chi connectivity index (χ1v) is 10.6. The van der Waals surface area contributed by atoms with Crippen LogP contribution in [0.2, 0.25) is 0 Å². The van der Waals surface area contributed by atoms with Gasteiger partial charge in [0.15, 0.2) is 5.65 Å². The van der Waals surface area contributed by atoms with Crippen LogP contribution in [0.5, 0.6) is 0 Å². The minimum atomic E-state index is -0.840. The number of benzene rings is 1. The molecule has 0 radical (unpaired) electrons. The number of imidazole rings is 1. The van der Waals surface area contributed by atoms with Crippen molar-refractivity contribution in [2.75, 3.05) is 6.54 Å². The molecule has 1 saturated carbocycles. The lowest BCUT2D eigenvalue weighted by Crippen LogP contribution is -2.33. The summed E-state index contributed by atoms with van der Waals surface area (Å²) in [7, 11) is 0. The zero-order valence-electron chi connectivity index (χ0n) is 17.2. The SMILES string of the molecule is CCCCN(Cc1nc2cccnc2n1C1CCCC1)C(=O)c1ccc(F)cc1F. The van der Waals surface area contributed by atoms with Gasteiger partial charge in [0.2, 0.25) is 0 Å². The number of rotatable bonds is 7. The topological polar surface area (TPSA) is 51.0 Å². The summed E-state index contributed by atoms with van der Waals surface area (Å²) in [4.78, 5) is 24.1. The maximum absolute atomic E-state index is 14.3. The summed E-state index contributed by atoms with van der Waals surface area (Å²) in [6, 6.07) is 7.18. The van der Waals surface area contributed by atoms with E-state index in [0.29, 0.717) is 12.6 Å². The normalized spacial score (nSPS) is 14.5. The van der Waals surface area contributed by atoms with Gasteiger partial charge in [-0.25, -0.2) is 18.7 Å². The molecule has 158 valence electrons. The molecule has 30 heavy (non-hydrogen) atoms. The Hall–Kier alpha value is -2.83. The number of carbonyl (C=O) groups is 1. The molecule has 7 heteroatoms. The van der Waals surface area contributed by atoms with Crippen molar-refractivity contribution in [3.05, 3.63) is 59.6 Å². The second-order valence-corrected chi connectivity index (χ2v) is 7.89. The van der Waals surface area contributed by atoms with Crippen molar-refractivity contribution in [3.63, 3.8) is 0 Å². The number of nitrogens with zero attached hydrogens (tertiary/aromatic N) is 4. The van der Waals surface area contributed by atoms with E-state index in [1.165, 1.54) is 6.07 Å². The third-order valence-corrected chi connectivity index (χ3v) is 5.77. The van der Waals surface area contributed by atoms with Gasteiger partial charge in [0, 0.05) is 24.8 Å². The van der Waals surface area contributed by atoms with Crippen LogP contribution in [0.15, 0.2) is 36.5 Å². The third kappa shape index (κ3) is 4.06. The minimum Gasteiger partial charge on any atom is -0.331 e. The van der Waals surface area contributed by atoms with Gasteiger partial charge in [-0.2, -0.15) is 0 Å². The highest BCUT2D eigenvalue weighted by Crippen LogP contribution is 2.33. The number of fused-ring (bicyclic) bond motifs is 1. The monoisotopic (exact) mass is 412 g/mol. The highest BCUT2D eigenvalue weighted by Gasteiger charge is 2.26. The molecular formula is C23H26F2N4O. The summed E-state index contributed by atoms with van der Waals surface area (Å²) < 4.78 is 29.8. The second kappa shape index (κ2) is 8.90. The Bertz CT molecular complexity index is 1040. The first kappa shape index (κ1) is 20.4. The molecule has 1 aromatic carbocycles. The molecule has 0 bridgehead atoms. The van der Waals surface area contributed by atoms with Crippen LogP contribution in [0.4, 0.5) is 8.78 Å². The molecule has 1 aliphatic rings. The smallest absolute Gasteiger partial charge is 0.257 e. The van der Waals surface area contributed by atoms with Gasteiger partial charge >= 0.3 is 0 Å². The predicted molar refractivity (Wildman–Crippen MR) is 111 cm³/mol. The predicted octanol–water partition coefficient (Wildman–Crippen LogP) is 5.27. The summed E-state index contributed by atoms with van der Waals surface area (Å²) in [5.74, 6) is -1.22. The van der Waals surface area contributed by atoms with Crippen molar-refractivity contribution in [3.8, 4) is 0 Å². The molecule has 0 N–H and O–H groups in total. The number of unbranched alkanes of at least 4 members (excludes halogenated alkanes) is 1. The summed E-state index contributed by atoms with van der Waals surface area (Å²) in [6.45, 7) is 2.79. The average molecular weight is 412 g/mol. The first-order valence-electron chi connectivity index (χ1n) is 10.6. The standard InChI is InChI=1S/C23H26F2N4O/c1-2-3-13-28(23(30)18-11-10-16(24)14-19(18)25)15-21-27-20-9-6-12-26-22(20)29(21)17-7-4-5-8-17/h6,9-12,14,17H,2-5,7-8,13,15H2,1H3.